The van der Waals surface area contributed by atoms with E-state index in [0.717, 1.165) is 22.2 Å². The number of anilines is 1. The SMILES string of the molecule is Oc1ccc(CNc2cccc3ncccc23)cc1Cl. The highest BCUT2D eigenvalue weighted by molar-refractivity contribution is 6.32. The first-order valence-corrected chi connectivity index (χ1v) is 6.67. The van der Waals surface area contributed by atoms with Crippen molar-refractivity contribution in [2.75, 3.05) is 5.32 Å². The van der Waals surface area contributed by atoms with Gasteiger partial charge in [0.25, 0.3) is 0 Å². The number of benzene rings is 2. The molecule has 20 heavy (non-hydrogen) atoms. The predicted octanol–water partition coefficient (Wildman–Crippen LogP) is 4.21. The Morgan fingerprint density at radius 3 is 2.85 bits per heavy atom. The molecule has 1 heterocycles. The van der Waals surface area contributed by atoms with E-state index < -0.39 is 0 Å². The van der Waals surface area contributed by atoms with Crippen LogP contribution in [-0.4, -0.2) is 10.1 Å². The zero-order valence-corrected chi connectivity index (χ0v) is 11.4. The Hall–Kier alpha value is -2.26. The van der Waals surface area contributed by atoms with Crippen LogP contribution in [0.1, 0.15) is 5.56 Å². The van der Waals surface area contributed by atoms with Gasteiger partial charge in [-0.15, -0.1) is 0 Å². The van der Waals surface area contributed by atoms with Gasteiger partial charge in [0, 0.05) is 23.8 Å². The van der Waals surface area contributed by atoms with Crippen LogP contribution in [-0.2, 0) is 6.54 Å². The fourth-order valence-electron chi connectivity index (χ4n) is 2.12. The van der Waals surface area contributed by atoms with E-state index >= 15 is 0 Å². The van der Waals surface area contributed by atoms with Gasteiger partial charge in [-0.05, 0) is 42.0 Å². The second-order valence-corrected chi connectivity index (χ2v) is 4.92. The zero-order chi connectivity index (χ0) is 13.9. The van der Waals surface area contributed by atoms with Crippen molar-refractivity contribution in [2.24, 2.45) is 0 Å². The first-order valence-electron chi connectivity index (χ1n) is 6.29. The molecule has 0 saturated heterocycles. The molecule has 0 fully saturated rings. The number of hydrogen-bond donors (Lipinski definition) is 2. The number of nitrogens with one attached hydrogen (secondary N) is 1. The molecular weight excluding hydrogens is 272 g/mol. The Morgan fingerprint density at radius 2 is 2.00 bits per heavy atom. The molecule has 0 amide bonds. The quantitative estimate of drug-likeness (QED) is 0.757. The number of rotatable bonds is 3. The molecule has 3 rings (SSSR count). The second-order valence-electron chi connectivity index (χ2n) is 4.51. The molecule has 0 bridgehead atoms. The van der Waals surface area contributed by atoms with Crippen LogP contribution < -0.4 is 5.32 Å². The smallest absolute Gasteiger partial charge is 0.134 e. The minimum absolute atomic E-state index is 0.102. The van der Waals surface area contributed by atoms with Crippen molar-refractivity contribution in [1.29, 1.82) is 0 Å². The molecule has 3 nitrogen and oxygen atoms in total. The van der Waals surface area contributed by atoms with Gasteiger partial charge < -0.3 is 10.4 Å². The lowest BCUT2D eigenvalue weighted by atomic mass is 10.1. The average Bonchev–Trinajstić information content (AvgIpc) is 2.48. The zero-order valence-electron chi connectivity index (χ0n) is 10.7. The minimum Gasteiger partial charge on any atom is -0.506 e. The molecular formula is C16H13ClN2O. The maximum Gasteiger partial charge on any atom is 0.134 e. The van der Waals surface area contributed by atoms with Crippen molar-refractivity contribution >= 4 is 28.2 Å². The summed E-state index contributed by atoms with van der Waals surface area (Å²) >= 11 is 5.90. The second kappa shape index (κ2) is 5.39. The lowest BCUT2D eigenvalue weighted by molar-refractivity contribution is 0.475. The molecule has 0 radical (unpaired) electrons. The number of phenols is 1. The van der Waals surface area contributed by atoms with Crippen LogP contribution in [0.4, 0.5) is 5.69 Å². The number of nitrogens with zero attached hydrogens (tertiary/aromatic N) is 1. The van der Waals surface area contributed by atoms with Crippen LogP contribution in [0.5, 0.6) is 5.75 Å². The lowest BCUT2D eigenvalue weighted by Gasteiger charge is -2.10. The summed E-state index contributed by atoms with van der Waals surface area (Å²) in [6.07, 6.45) is 1.78. The van der Waals surface area contributed by atoms with Gasteiger partial charge in [-0.2, -0.15) is 0 Å². The molecule has 0 aliphatic carbocycles. The number of hydrogen-bond acceptors (Lipinski definition) is 3. The third-order valence-electron chi connectivity index (χ3n) is 3.14. The van der Waals surface area contributed by atoms with Gasteiger partial charge in [0.05, 0.1) is 10.5 Å². The van der Waals surface area contributed by atoms with Crippen molar-refractivity contribution < 1.29 is 5.11 Å². The molecule has 0 spiro atoms. The molecule has 0 unspecified atom stereocenters. The fraction of sp³-hybridized carbons (Fsp3) is 0.0625. The highest BCUT2D eigenvalue weighted by atomic mass is 35.5. The van der Waals surface area contributed by atoms with Crippen LogP contribution in [0.3, 0.4) is 0 Å². The average molecular weight is 285 g/mol. The molecule has 0 atom stereocenters. The number of aromatic nitrogens is 1. The molecule has 0 saturated carbocycles. The van der Waals surface area contributed by atoms with Crippen molar-refractivity contribution in [3.8, 4) is 5.75 Å². The third-order valence-corrected chi connectivity index (χ3v) is 3.44. The van der Waals surface area contributed by atoms with Crippen molar-refractivity contribution in [3.05, 3.63) is 65.3 Å². The van der Waals surface area contributed by atoms with E-state index in [9.17, 15) is 5.11 Å². The van der Waals surface area contributed by atoms with Crippen molar-refractivity contribution in [2.45, 2.75) is 6.54 Å². The Morgan fingerprint density at radius 1 is 1.10 bits per heavy atom. The van der Waals surface area contributed by atoms with E-state index in [4.69, 9.17) is 11.6 Å². The molecule has 100 valence electrons. The molecule has 1 aromatic heterocycles. The monoisotopic (exact) mass is 284 g/mol. The van der Waals surface area contributed by atoms with Gasteiger partial charge in [0.1, 0.15) is 5.75 Å². The Labute approximate surface area is 121 Å². The standard InChI is InChI=1S/C16H13ClN2O/c17-13-9-11(6-7-16(13)20)10-19-15-5-1-4-14-12(15)3-2-8-18-14/h1-9,19-20H,10H2. The third kappa shape index (κ3) is 2.53. The first kappa shape index (κ1) is 12.8. The number of phenolic OH excluding ortho intramolecular Hbond substituents is 1. The van der Waals surface area contributed by atoms with Crippen LogP contribution in [0.25, 0.3) is 10.9 Å². The Balaban J connectivity index is 1.85. The summed E-state index contributed by atoms with van der Waals surface area (Å²) in [5.41, 5.74) is 3.00. The van der Waals surface area contributed by atoms with Crippen LogP contribution in [0, 0.1) is 0 Å². The molecule has 2 N–H and O–H groups in total. The van der Waals surface area contributed by atoms with Gasteiger partial charge in [-0.3, -0.25) is 4.98 Å². The fourth-order valence-corrected chi connectivity index (χ4v) is 2.32. The summed E-state index contributed by atoms with van der Waals surface area (Å²) in [6.45, 7) is 0.633. The Kier molecular flexibility index (Phi) is 3.44. The van der Waals surface area contributed by atoms with Gasteiger partial charge in [0.2, 0.25) is 0 Å². The highest BCUT2D eigenvalue weighted by Gasteiger charge is 2.03. The van der Waals surface area contributed by atoms with E-state index in [1.807, 2.05) is 36.4 Å². The number of halogens is 1. The summed E-state index contributed by atoms with van der Waals surface area (Å²) < 4.78 is 0. The summed E-state index contributed by atoms with van der Waals surface area (Å²) in [4.78, 5) is 4.33. The molecule has 3 aromatic rings. The normalized spacial score (nSPS) is 10.7. The highest BCUT2D eigenvalue weighted by Crippen LogP contribution is 2.25. The minimum atomic E-state index is 0.102. The van der Waals surface area contributed by atoms with E-state index in [1.54, 1.807) is 18.3 Å². The number of fused-ring (bicyclic) bond motifs is 1. The number of aromatic hydroxyl groups is 1. The van der Waals surface area contributed by atoms with Crippen molar-refractivity contribution in [3.63, 3.8) is 0 Å². The summed E-state index contributed by atoms with van der Waals surface area (Å²) in [7, 11) is 0. The molecule has 4 heteroatoms. The van der Waals surface area contributed by atoms with E-state index in [1.165, 1.54) is 0 Å². The van der Waals surface area contributed by atoms with Crippen LogP contribution in [0.15, 0.2) is 54.7 Å². The maximum absolute atomic E-state index is 9.41. The molecule has 2 aromatic carbocycles. The van der Waals surface area contributed by atoms with Gasteiger partial charge in [0.15, 0.2) is 0 Å². The molecule has 0 aliphatic heterocycles. The Bertz CT molecular complexity index is 753. The topological polar surface area (TPSA) is 45.1 Å². The summed E-state index contributed by atoms with van der Waals surface area (Å²) in [6, 6.07) is 15.1. The lowest BCUT2D eigenvalue weighted by Crippen LogP contribution is -2.00. The summed E-state index contributed by atoms with van der Waals surface area (Å²) in [5.74, 6) is 0.102. The maximum atomic E-state index is 9.41. The summed E-state index contributed by atoms with van der Waals surface area (Å²) in [5, 5.41) is 14.2. The van der Waals surface area contributed by atoms with Gasteiger partial charge >= 0.3 is 0 Å². The van der Waals surface area contributed by atoms with Crippen LogP contribution in [0.2, 0.25) is 5.02 Å². The number of pyridine rings is 1. The van der Waals surface area contributed by atoms with E-state index in [2.05, 4.69) is 10.3 Å². The van der Waals surface area contributed by atoms with Gasteiger partial charge in [-0.25, -0.2) is 0 Å². The first-order chi connectivity index (χ1) is 9.74. The van der Waals surface area contributed by atoms with Gasteiger partial charge in [-0.1, -0.05) is 23.7 Å². The van der Waals surface area contributed by atoms with E-state index in [0.29, 0.717) is 11.6 Å². The van der Waals surface area contributed by atoms with E-state index in [-0.39, 0.29) is 5.75 Å². The molecule has 0 aliphatic rings. The largest absolute Gasteiger partial charge is 0.506 e. The van der Waals surface area contributed by atoms with Crippen molar-refractivity contribution in [1.82, 2.24) is 4.98 Å². The predicted molar refractivity (Wildman–Crippen MR) is 82.2 cm³/mol. The van der Waals surface area contributed by atoms with Crippen LogP contribution >= 0.6 is 11.6 Å².